The van der Waals surface area contributed by atoms with Gasteiger partial charge in [-0.3, -0.25) is 9.80 Å². The standard InChI is InChI=1S/C16H31N3O2/c1-14-4-6-15(7-5-14)19-10-8-18(9-11-19)12-13-21-16(20)17(2)3/h14-15H,4-13H2,1-3H3. The summed E-state index contributed by atoms with van der Waals surface area (Å²) in [5, 5.41) is 0. The molecule has 5 nitrogen and oxygen atoms in total. The van der Waals surface area contributed by atoms with Crippen LogP contribution >= 0.6 is 0 Å². The summed E-state index contributed by atoms with van der Waals surface area (Å²) < 4.78 is 5.19. The predicted molar refractivity (Wildman–Crippen MR) is 84.5 cm³/mol. The molecule has 1 saturated heterocycles. The Morgan fingerprint density at radius 2 is 1.71 bits per heavy atom. The average molecular weight is 297 g/mol. The molecule has 0 aromatic carbocycles. The Morgan fingerprint density at radius 3 is 2.29 bits per heavy atom. The Bertz CT molecular complexity index is 319. The maximum absolute atomic E-state index is 11.3. The van der Waals surface area contributed by atoms with Crippen molar-refractivity contribution < 1.29 is 9.53 Å². The lowest BCUT2D eigenvalue weighted by molar-refractivity contribution is 0.0556. The number of amides is 1. The Balaban J connectivity index is 1.61. The Morgan fingerprint density at radius 1 is 1.10 bits per heavy atom. The highest BCUT2D eigenvalue weighted by atomic mass is 16.6. The number of carbonyl (C=O) groups is 1. The van der Waals surface area contributed by atoms with Gasteiger partial charge in [0.05, 0.1) is 0 Å². The van der Waals surface area contributed by atoms with E-state index in [0.717, 1.165) is 31.6 Å². The molecule has 21 heavy (non-hydrogen) atoms. The highest BCUT2D eigenvalue weighted by Crippen LogP contribution is 2.27. The van der Waals surface area contributed by atoms with E-state index in [4.69, 9.17) is 4.74 Å². The van der Waals surface area contributed by atoms with Crippen molar-refractivity contribution in [2.75, 3.05) is 53.4 Å². The zero-order chi connectivity index (χ0) is 15.2. The minimum absolute atomic E-state index is 0.245. The van der Waals surface area contributed by atoms with Crippen LogP contribution in [-0.4, -0.2) is 80.3 Å². The van der Waals surface area contributed by atoms with Crippen LogP contribution in [0.2, 0.25) is 0 Å². The van der Waals surface area contributed by atoms with E-state index in [1.54, 1.807) is 14.1 Å². The Hall–Kier alpha value is -0.810. The van der Waals surface area contributed by atoms with Crippen molar-refractivity contribution in [3.05, 3.63) is 0 Å². The molecule has 2 fully saturated rings. The van der Waals surface area contributed by atoms with E-state index in [9.17, 15) is 4.79 Å². The van der Waals surface area contributed by atoms with Crippen molar-refractivity contribution in [1.82, 2.24) is 14.7 Å². The largest absolute Gasteiger partial charge is 0.448 e. The molecule has 0 atom stereocenters. The highest BCUT2D eigenvalue weighted by Gasteiger charge is 2.26. The number of carbonyl (C=O) groups excluding carboxylic acids is 1. The SMILES string of the molecule is CC1CCC(N2CCN(CCOC(=O)N(C)C)CC2)CC1. The number of piperazine rings is 1. The second-order valence-electron chi connectivity index (χ2n) is 6.80. The van der Waals surface area contributed by atoms with Crippen LogP contribution in [0.4, 0.5) is 4.79 Å². The summed E-state index contributed by atoms with van der Waals surface area (Å²) in [5.74, 6) is 0.925. The first-order valence-corrected chi connectivity index (χ1v) is 8.36. The molecule has 0 radical (unpaired) electrons. The van der Waals surface area contributed by atoms with Gasteiger partial charge in [0, 0.05) is 52.9 Å². The van der Waals surface area contributed by atoms with Gasteiger partial charge in [-0.05, 0) is 31.6 Å². The number of rotatable bonds is 4. The van der Waals surface area contributed by atoms with Gasteiger partial charge in [-0.15, -0.1) is 0 Å². The molecule has 0 N–H and O–H groups in total. The minimum Gasteiger partial charge on any atom is -0.448 e. The summed E-state index contributed by atoms with van der Waals surface area (Å²) in [6.45, 7) is 8.27. The molecule has 0 unspecified atom stereocenters. The molecule has 2 aliphatic rings. The minimum atomic E-state index is -0.245. The van der Waals surface area contributed by atoms with Gasteiger partial charge in [0.1, 0.15) is 6.61 Å². The molecule has 1 amide bonds. The summed E-state index contributed by atoms with van der Waals surface area (Å²) in [7, 11) is 3.43. The molecule has 0 aromatic rings. The first kappa shape index (κ1) is 16.6. The van der Waals surface area contributed by atoms with E-state index in [1.807, 2.05) is 0 Å². The van der Waals surface area contributed by atoms with Gasteiger partial charge >= 0.3 is 6.09 Å². The summed E-state index contributed by atoms with van der Waals surface area (Å²) in [4.78, 5) is 17.9. The molecule has 122 valence electrons. The number of hydrogen-bond acceptors (Lipinski definition) is 4. The fourth-order valence-corrected chi connectivity index (χ4v) is 3.35. The smallest absolute Gasteiger partial charge is 0.409 e. The lowest BCUT2D eigenvalue weighted by Crippen LogP contribution is -2.51. The topological polar surface area (TPSA) is 36.0 Å². The van der Waals surface area contributed by atoms with Gasteiger partial charge < -0.3 is 9.64 Å². The Labute approximate surface area is 129 Å². The summed E-state index contributed by atoms with van der Waals surface area (Å²) >= 11 is 0. The van der Waals surface area contributed by atoms with Crippen LogP contribution < -0.4 is 0 Å². The van der Waals surface area contributed by atoms with Crippen LogP contribution in [0.5, 0.6) is 0 Å². The molecule has 1 heterocycles. The van der Waals surface area contributed by atoms with Crippen molar-refractivity contribution in [2.24, 2.45) is 5.92 Å². The lowest BCUT2D eigenvalue weighted by Gasteiger charge is -2.41. The van der Waals surface area contributed by atoms with Crippen molar-refractivity contribution in [2.45, 2.75) is 38.6 Å². The molecule has 0 aromatic heterocycles. The van der Waals surface area contributed by atoms with Crippen LogP contribution in [0.15, 0.2) is 0 Å². The van der Waals surface area contributed by atoms with Crippen molar-refractivity contribution in [1.29, 1.82) is 0 Å². The van der Waals surface area contributed by atoms with E-state index in [2.05, 4.69) is 16.7 Å². The van der Waals surface area contributed by atoms with Crippen LogP contribution in [0.1, 0.15) is 32.6 Å². The molecule has 1 saturated carbocycles. The second-order valence-corrected chi connectivity index (χ2v) is 6.80. The zero-order valence-electron chi connectivity index (χ0n) is 13.9. The molecule has 0 spiro atoms. The third-order valence-electron chi connectivity index (χ3n) is 4.91. The van der Waals surface area contributed by atoms with Crippen LogP contribution in [0.3, 0.4) is 0 Å². The monoisotopic (exact) mass is 297 g/mol. The van der Waals surface area contributed by atoms with Crippen LogP contribution in [0.25, 0.3) is 0 Å². The Kier molecular flexibility index (Phi) is 6.30. The lowest BCUT2D eigenvalue weighted by atomic mass is 9.86. The summed E-state index contributed by atoms with van der Waals surface area (Å²) in [6.07, 6.45) is 5.30. The van der Waals surface area contributed by atoms with Gasteiger partial charge in [-0.25, -0.2) is 4.79 Å². The van der Waals surface area contributed by atoms with E-state index in [-0.39, 0.29) is 6.09 Å². The summed E-state index contributed by atoms with van der Waals surface area (Å²) in [6, 6.07) is 0.815. The number of nitrogens with zero attached hydrogens (tertiary/aromatic N) is 3. The molecule has 5 heteroatoms. The van der Waals surface area contributed by atoms with E-state index >= 15 is 0 Å². The van der Waals surface area contributed by atoms with Gasteiger partial charge in [-0.1, -0.05) is 6.92 Å². The third kappa shape index (κ3) is 5.15. The molecule has 1 aliphatic heterocycles. The first-order valence-electron chi connectivity index (χ1n) is 8.36. The van der Waals surface area contributed by atoms with Gasteiger partial charge in [0.25, 0.3) is 0 Å². The summed E-state index contributed by atoms with van der Waals surface area (Å²) in [5.41, 5.74) is 0. The van der Waals surface area contributed by atoms with Gasteiger partial charge in [0.15, 0.2) is 0 Å². The first-order chi connectivity index (χ1) is 10.1. The molecular weight excluding hydrogens is 266 g/mol. The molecule has 0 bridgehead atoms. The zero-order valence-corrected chi connectivity index (χ0v) is 13.9. The van der Waals surface area contributed by atoms with E-state index < -0.39 is 0 Å². The maximum atomic E-state index is 11.3. The molecule has 2 rings (SSSR count). The number of hydrogen-bond donors (Lipinski definition) is 0. The fourth-order valence-electron chi connectivity index (χ4n) is 3.35. The van der Waals surface area contributed by atoms with Crippen molar-refractivity contribution >= 4 is 6.09 Å². The highest BCUT2D eigenvalue weighted by molar-refractivity contribution is 5.66. The van der Waals surface area contributed by atoms with Gasteiger partial charge in [-0.2, -0.15) is 0 Å². The van der Waals surface area contributed by atoms with Crippen LogP contribution in [-0.2, 0) is 4.74 Å². The van der Waals surface area contributed by atoms with Crippen molar-refractivity contribution in [3.8, 4) is 0 Å². The normalized spacial score (nSPS) is 28.3. The van der Waals surface area contributed by atoms with E-state index in [0.29, 0.717) is 6.61 Å². The third-order valence-corrected chi connectivity index (χ3v) is 4.91. The molecular formula is C16H31N3O2. The average Bonchev–Trinajstić information content (AvgIpc) is 2.48. The number of ether oxygens (including phenoxy) is 1. The predicted octanol–water partition coefficient (Wildman–Crippen LogP) is 1.88. The maximum Gasteiger partial charge on any atom is 0.409 e. The quantitative estimate of drug-likeness (QED) is 0.794. The second kappa shape index (κ2) is 7.99. The van der Waals surface area contributed by atoms with Crippen molar-refractivity contribution in [3.63, 3.8) is 0 Å². The van der Waals surface area contributed by atoms with Gasteiger partial charge in [0.2, 0.25) is 0 Å². The molecule has 1 aliphatic carbocycles. The fraction of sp³-hybridized carbons (Fsp3) is 0.938. The van der Waals surface area contributed by atoms with E-state index in [1.165, 1.54) is 43.7 Å². The van der Waals surface area contributed by atoms with Crippen LogP contribution in [0, 0.1) is 5.92 Å².